The lowest BCUT2D eigenvalue weighted by Crippen LogP contribution is -2.42. The molecule has 0 bridgehead atoms. The number of nitrogens with one attached hydrogen (secondary N) is 1. The maximum absolute atomic E-state index is 5.46. The monoisotopic (exact) mass is 259 g/mol. The molecule has 0 aromatic heterocycles. The van der Waals surface area contributed by atoms with E-state index in [1.54, 1.807) is 7.11 Å². The second-order valence-electron chi connectivity index (χ2n) is 6.34. The van der Waals surface area contributed by atoms with Crippen LogP contribution in [0.25, 0.3) is 0 Å². The van der Waals surface area contributed by atoms with Crippen LogP contribution in [0.1, 0.15) is 50.5 Å². The van der Waals surface area contributed by atoms with Crippen LogP contribution in [0.5, 0.6) is 5.75 Å². The first kappa shape index (κ1) is 13.0. The largest absolute Gasteiger partial charge is 0.496 e. The Balaban J connectivity index is 1.49. The van der Waals surface area contributed by atoms with Crippen molar-refractivity contribution in [1.29, 1.82) is 0 Å². The van der Waals surface area contributed by atoms with E-state index in [2.05, 4.69) is 36.5 Å². The van der Waals surface area contributed by atoms with Gasteiger partial charge in [0, 0.05) is 12.6 Å². The van der Waals surface area contributed by atoms with Gasteiger partial charge in [0.1, 0.15) is 5.75 Å². The first-order valence-corrected chi connectivity index (χ1v) is 7.62. The molecule has 19 heavy (non-hydrogen) atoms. The Hall–Kier alpha value is -1.02. The Morgan fingerprint density at radius 1 is 1.26 bits per heavy atom. The minimum Gasteiger partial charge on any atom is -0.496 e. The fraction of sp³-hybridized carbons (Fsp3) is 0.647. The Bertz CT molecular complexity index is 433. The van der Waals surface area contributed by atoms with Gasteiger partial charge in [-0.05, 0) is 55.1 Å². The molecule has 0 heterocycles. The third kappa shape index (κ3) is 2.64. The standard InChI is InChI=1S/C17H25NO/c1-3-17(8-9-17)12-18-14-10-13(11-14)15-6-4-5-7-16(15)19-2/h4-7,13-14,18H,3,8-12H2,1-2H3. The maximum atomic E-state index is 5.46. The summed E-state index contributed by atoms with van der Waals surface area (Å²) in [6, 6.07) is 9.18. The molecular weight excluding hydrogens is 234 g/mol. The predicted octanol–water partition coefficient (Wildman–Crippen LogP) is 3.72. The summed E-state index contributed by atoms with van der Waals surface area (Å²) in [6.07, 6.45) is 6.72. The summed E-state index contributed by atoms with van der Waals surface area (Å²) in [5.74, 6) is 1.74. The number of rotatable bonds is 6. The summed E-state index contributed by atoms with van der Waals surface area (Å²) in [4.78, 5) is 0. The van der Waals surface area contributed by atoms with Crippen LogP contribution in [-0.2, 0) is 0 Å². The average molecular weight is 259 g/mol. The van der Waals surface area contributed by atoms with Gasteiger partial charge in [-0.3, -0.25) is 0 Å². The molecule has 2 heteroatoms. The number of benzene rings is 1. The SMILES string of the molecule is CCC1(CNC2CC(c3ccccc3OC)C2)CC1. The van der Waals surface area contributed by atoms with Gasteiger partial charge >= 0.3 is 0 Å². The summed E-state index contributed by atoms with van der Waals surface area (Å²) in [5.41, 5.74) is 2.05. The summed E-state index contributed by atoms with van der Waals surface area (Å²) < 4.78 is 5.46. The van der Waals surface area contributed by atoms with Gasteiger partial charge in [0.25, 0.3) is 0 Å². The topological polar surface area (TPSA) is 21.3 Å². The number of methoxy groups -OCH3 is 1. The average Bonchev–Trinajstić information content (AvgIpc) is 3.18. The lowest BCUT2D eigenvalue weighted by Gasteiger charge is -2.37. The van der Waals surface area contributed by atoms with Crippen molar-refractivity contribution in [1.82, 2.24) is 5.32 Å². The Kier molecular flexibility index (Phi) is 3.53. The molecule has 0 radical (unpaired) electrons. The van der Waals surface area contributed by atoms with Crippen molar-refractivity contribution in [3.63, 3.8) is 0 Å². The van der Waals surface area contributed by atoms with Crippen molar-refractivity contribution in [3.8, 4) is 5.75 Å². The fourth-order valence-electron chi connectivity index (χ4n) is 3.24. The van der Waals surface area contributed by atoms with Crippen LogP contribution in [0.15, 0.2) is 24.3 Å². The van der Waals surface area contributed by atoms with Gasteiger partial charge in [0.05, 0.1) is 7.11 Å². The highest BCUT2D eigenvalue weighted by atomic mass is 16.5. The summed E-state index contributed by atoms with van der Waals surface area (Å²) in [7, 11) is 1.77. The van der Waals surface area contributed by atoms with E-state index in [9.17, 15) is 0 Å². The van der Waals surface area contributed by atoms with Crippen LogP contribution in [0.4, 0.5) is 0 Å². The first-order valence-electron chi connectivity index (χ1n) is 7.62. The lowest BCUT2D eigenvalue weighted by atomic mass is 9.75. The molecule has 0 atom stereocenters. The van der Waals surface area contributed by atoms with Gasteiger partial charge in [-0.1, -0.05) is 25.1 Å². The molecule has 1 aromatic rings. The van der Waals surface area contributed by atoms with Crippen molar-refractivity contribution >= 4 is 0 Å². The van der Waals surface area contributed by atoms with E-state index in [1.807, 2.05) is 0 Å². The Labute approximate surface area is 116 Å². The van der Waals surface area contributed by atoms with Crippen LogP contribution in [0, 0.1) is 5.41 Å². The highest BCUT2D eigenvalue weighted by molar-refractivity contribution is 5.37. The van der Waals surface area contributed by atoms with E-state index in [4.69, 9.17) is 4.74 Å². The first-order chi connectivity index (χ1) is 9.26. The molecule has 0 unspecified atom stereocenters. The minimum absolute atomic E-state index is 0.662. The molecule has 2 saturated carbocycles. The number of para-hydroxylation sites is 1. The number of hydrogen-bond acceptors (Lipinski definition) is 2. The fourth-order valence-corrected chi connectivity index (χ4v) is 3.24. The van der Waals surface area contributed by atoms with Crippen molar-refractivity contribution < 1.29 is 4.74 Å². The van der Waals surface area contributed by atoms with Crippen molar-refractivity contribution in [2.45, 2.75) is 51.0 Å². The summed E-state index contributed by atoms with van der Waals surface area (Å²) in [6.45, 7) is 3.56. The third-order valence-electron chi connectivity index (χ3n) is 5.19. The van der Waals surface area contributed by atoms with E-state index in [0.717, 1.165) is 11.8 Å². The summed E-state index contributed by atoms with van der Waals surface area (Å²) in [5, 5.41) is 3.77. The molecule has 1 aromatic carbocycles. The van der Waals surface area contributed by atoms with Crippen LogP contribution in [0.3, 0.4) is 0 Å². The molecule has 0 spiro atoms. The molecule has 2 aliphatic carbocycles. The molecule has 0 saturated heterocycles. The van der Waals surface area contributed by atoms with Crippen LogP contribution >= 0.6 is 0 Å². The molecule has 2 nitrogen and oxygen atoms in total. The number of hydrogen-bond donors (Lipinski definition) is 1. The molecule has 0 aliphatic heterocycles. The lowest BCUT2D eigenvalue weighted by molar-refractivity contribution is 0.263. The zero-order valence-electron chi connectivity index (χ0n) is 12.1. The highest BCUT2D eigenvalue weighted by Crippen LogP contribution is 2.49. The molecule has 2 fully saturated rings. The summed E-state index contributed by atoms with van der Waals surface area (Å²) >= 11 is 0. The van der Waals surface area contributed by atoms with Crippen molar-refractivity contribution in [2.24, 2.45) is 5.41 Å². The quantitative estimate of drug-likeness (QED) is 0.840. The third-order valence-corrected chi connectivity index (χ3v) is 5.19. The highest BCUT2D eigenvalue weighted by Gasteiger charge is 2.41. The molecule has 2 aliphatic rings. The van der Waals surface area contributed by atoms with Gasteiger partial charge < -0.3 is 10.1 Å². The van der Waals surface area contributed by atoms with E-state index < -0.39 is 0 Å². The minimum atomic E-state index is 0.662. The molecule has 1 N–H and O–H groups in total. The maximum Gasteiger partial charge on any atom is 0.122 e. The van der Waals surface area contributed by atoms with Crippen LogP contribution < -0.4 is 10.1 Å². The second-order valence-corrected chi connectivity index (χ2v) is 6.34. The van der Waals surface area contributed by atoms with Crippen molar-refractivity contribution in [2.75, 3.05) is 13.7 Å². The second kappa shape index (κ2) is 5.16. The normalized spacial score (nSPS) is 27.7. The molecule has 104 valence electrons. The molecular formula is C17H25NO. The van der Waals surface area contributed by atoms with Gasteiger partial charge in [-0.15, -0.1) is 0 Å². The zero-order valence-corrected chi connectivity index (χ0v) is 12.1. The van der Waals surface area contributed by atoms with Gasteiger partial charge in [0.15, 0.2) is 0 Å². The number of ether oxygens (including phenoxy) is 1. The van der Waals surface area contributed by atoms with E-state index in [0.29, 0.717) is 11.3 Å². The zero-order chi connectivity index (χ0) is 13.3. The van der Waals surface area contributed by atoms with E-state index in [-0.39, 0.29) is 0 Å². The van der Waals surface area contributed by atoms with Crippen LogP contribution in [0.2, 0.25) is 0 Å². The van der Waals surface area contributed by atoms with Gasteiger partial charge in [-0.25, -0.2) is 0 Å². The Morgan fingerprint density at radius 2 is 2.00 bits per heavy atom. The van der Waals surface area contributed by atoms with Crippen LogP contribution in [-0.4, -0.2) is 19.7 Å². The molecule has 3 rings (SSSR count). The van der Waals surface area contributed by atoms with Crippen molar-refractivity contribution in [3.05, 3.63) is 29.8 Å². The molecule has 0 amide bonds. The van der Waals surface area contributed by atoms with E-state index in [1.165, 1.54) is 44.2 Å². The smallest absolute Gasteiger partial charge is 0.122 e. The van der Waals surface area contributed by atoms with Gasteiger partial charge in [-0.2, -0.15) is 0 Å². The van der Waals surface area contributed by atoms with E-state index >= 15 is 0 Å². The predicted molar refractivity (Wildman–Crippen MR) is 78.7 cm³/mol. The van der Waals surface area contributed by atoms with Gasteiger partial charge in [0.2, 0.25) is 0 Å². The Morgan fingerprint density at radius 3 is 2.63 bits per heavy atom.